The van der Waals surface area contributed by atoms with Crippen LogP contribution in [0.5, 0.6) is 0 Å². The highest BCUT2D eigenvalue weighted by Gasteiger charge is 2.26. The van der Waals surface area contributed by atoms with Gasteiger partial charge in [-0.05, 0) is 43.7 Å². The van der Waals surface area contributed by atoms with Crippen molar-refractivity contribution >= 4 is 11.7 Å². The summed E-state index contributed by atoms with van der Waals surface area (Å²) in [4.78, 5) is 16.6. The molecule has 1 fully saturated rings. The summed E-state index contributed by atoms with van der Waals surface area (Å²) in [7, 11) is 0. The molecule has 2 heterocycles. The van der Waals surface area contributed by atoms with E-state index in [-0.39, 0.29) is 6.03 Å². The Morgan fingerprint density at radius 3 is 2.50 bits per heavy atom. The number of amides is 2. The van der Waals surface area contributed by atoms with Crippen molar-refractivity contribution in [3.05, 3.63) is 29.8 Å². The predicted molar refractivity (Wildman–Crippen MR) is 72.9 cm³/mol. The molecule has 0 aromatic heterocycles. The maximum absolute atomic E-state index is 12.6. The van der Waals surface area contributed by atoms with Gasteiger partial charge in [-0.3, -0.25) is 4.90 Å². The van der Waals surface area contributed by atoms with Crippen LogP contribution in [0.15, 0.2) is 24.3 Å². The van der Waals surface area contributed by atoms with Crippen LogP contribution in [0.25, 0.3) is 0 Å². The summed E-state index contributed by atoms with van der Waals surface area (Å²) in [5.74, 6) is 0. The van der Waals surface area contributed by atoms with Gasteiger partial charge in [-0.25, -0.2) is 4.79 Å². The second-order valence-corrected chi connectivity index (χ2v) is 5.21. The molecule has 0 aliphatic carbocycles. The molecule has 2 amide bonds. The molecule has 3 heteroatoms. The molecular formula is C15H20N2O. The molecular weight excluding hydrogens is 224 g/mol. The molecule has 0 bridgehead atoms. The van der Waals surface area contributed by atoms with E-state index in [2.05, 4.69) is 18.2 Å². The molecule has 3 nitrogen and oxygen atoms in total. The third-order valence-electron chi connectivity index (χ3n) is 3.97. The standard InChI is InChI=1S/C15H20N2O/c18-15(16-10-5-6-11-16)17-12-4-3-8-13-7-1-2-9-14(13)17/h1-2,7,9H,3-6,8,10-12H2. The first kappa shape index (κ1) is 11.6. The summed E-state index contributed by atoms with van der Waals surface area (Å²) < 4.78 is 0. The van der Waals surface area contributed by atoms with Gasteiger partial charge in [0.1, 0.15) is 0 Å². The smallest absolute Gasteiger partial charge is 0.324 e. The van der Waals surface area contributed by atoms with Crippen molar-refractivity contribution in [3.8, 4) is 0 Å². The van der Waals surface area contributed by atoms with Crippen LogP contribution in [0.2, 0.25) is 0 Å². The minimum Gasteiger partial charge on any atom is -0.324 e. The maximum Gasteiger partial charge on any atom is 0.324 e. The minimum absolute atomic E-state index is 0.210. The van der Waals surface area contributed by atoms with Gasteiger partial charge in [0.05, 0.1) is 0 Å². The van der Waals surface area contributed by atoms with Crippen molar-refractivity contribution in [3.63, 3.8) is 0 Å². The van der Waals surface area contributed by atoms with Crippen LogP contribution in [0.4, 0.5) is 10.5 Å². The van der Waals surface area contributed by atoms with E-state index in [1.54, 1.807) is 0 Å². The number of carbonyl (C=O) groups excluding carboxylic acids is 1. The molecule has 1 aromatic rings. The predicted octanol–water partition coefficient (Wildman–Crippen LogP) is 3.05. The van der Waals surface area contributed by atoms with E-state index in [0.717, 1.165) is 51.0 Å². The number of rotatable bonds is 0. The van der Waals surface area contributed by atoms with Crippen LogP contribution in [0.3, 0.4) is 0 Å². The maximum atomic E-state index is 12.6. The summed E-state index contributed by atoms with van der Waals surface area (Å²) in [6, 6.07) is 8.57. The van der Waals surface area contributed by atoms with E-state index in [4.69, 9.17) is 0 Å². The van der Waals surface area contributed by atoms with Crippen LogP contribution < -0.4 is 4.90 Å². The lowest BCUT2D eigenvalue weighted by Crippen LogP contribution is -2.42. The van der Waals surface area contributed by atoms with Crippen molar-refractivity contribution in [1.29, 1.82) is 0 Å². The number of para-hydroxylation sites is 1. The third kappa shape index (κ3) is 2.09. The SMILES string of the molecule is O=C(N1CCCC1)N1CCCCc2ccccc21. The summed E-state index contributed by atoms with van der Waals surface area (Å²) in [6.07, 6.45) is 5.69. The summed E-state index contributed by atoms with van der Waals surface area (Å²) in [5.41, 5.74) is 2.45. The van der Waals surface area contributed by atoms with Crippen LogP contribution in [0.1, 0.15) is 31.2 Å². The number of nitrogens with zero attached hydrogens (tertiary/aromatic N) is 2. The van der Waals surface area contributed by atoms with E-state index in [9.17, 15) is 4.79 Å². The third-order valence-corrected chi connectivity index (χ3v) is 3.97. The minimum atomic E-state index is 0.210. The number of likely N-dealkylation sites (tertiary alicyclic amines) is 1. The molecule has 2 aliphatic rings. The molecule has 0 N–H and O–H groups in total. The quantitative estimate of drug-likeness (QED) is 0.688. The Kier molecular flexibility index (Phi) is 3.22. The van der Waals surface area contributed by atoms with Gasteiger partial charge in [0.2, 0.25) is 0 Å². The topological polar surface area (TPSA) is 23.6 Å². The highest BCUT2D eigenvalue weighted by atomic mass is 16.2. The average Bonchev–Trinajstić information content (AvgIpc) is 2.85. The Bertz CT molecular complexity index is 438. The zero-order valence-corrected chi connectivity index (χ0v) is 10.8. The first-order valence-electron chi connectivity index (χ1n) is 7.00. The van der Waals surface area contributed by atoms with Crippen LogP contribution in [0, 0.1) is 0 Å². The van der Waals surface area contributed by atoms with E-state index < -0.39 is 0 Å². The fraction of sp³-hybridized carbons (Fsp3) is 0.533. The largest absolute Gasteiger partial charge is 0.324 e. The number of fused-ring (bicyclic) bond motifs is 1. The van der Waals surface area contributed by atoms with E-state index in [1.165, 1.54) is 12.0 Å². The molecule has 1 aromatic carbocycles. The first-order chi connectivity index (χ1) is 8.86. The number of aryl methyl sites for hydroxylation is 1. The molecule has 1 saturated heterocycles. The number of anilines is 1. The molecule has 0 unspecified atom stereocenters. The second-order valence-electron chi connectivity index (χ2n) is 5.21. The molecule has 3 rings (SSSR count). The first-order valence-corrected chi connectivity index (χ1v) is 7.00. The van der Waals surface area contributed by atoms with E-state index >= 15 is 0 Å². The Balaban J connectivity index is 1.88. The number of hydrogen-bond donors (Lipinski definition) is 0. The zero-order chi connectivity index (χ0) is 12.4. The van der Waals surface area contributed by atoms with Gasteiger partial charge in [-0.15, -0.1) is 0 Å². The van der Waals surface area contributed by atoms with Crippen molar-refractivity contribution in [1.82, 2.24) is 4.90 Å². The summed E-state index contributed by atoms with van der Waals surface area (Å²) >= 11 is 0. The highest BCUT2D eigenvalue weighted by Crippen LogP contribution is 2.27. The lowest BCUT2D eigenvalue weighted by Gasteiger charge is -2.28. The molecule has 0 atom stereocenters. The number of benzene rings is 1. The van der Waals surface area contributed by atoms with Gasteiger partial charge < -0.3 is 4.90 Å². The molecule has 0 saturated carbocycles. The van der Waals surface area contributed by atoms with Crippen molar-refractivity contribution in [2.45, 2.75) is 32.1 Å². The Hall–Kier alpha value is -1.51. The molecule has 0 spiro atoms. The Labute approximate surface area is 108 Å². The molecule has 0 radical (unpaired) electrons. The van der Waals surface area contributed by atoms with Gasteiger partial charge in [-0.2, -0.15) is 0 Å². The van der Waals surface area contributed by atoms with Gasteiger partial charge in [-0.1, -0.05) is 18.2 Å². The van der Waals surface area contributed by atoms with E-state index in [1.807, 2.05) is 15.9 Å². The average molecular weight is 244 g/mol. The van der Waals surface area contributed by atoms with Gasteiger partial charge in [0.15, 0.2) is 0 Å². The molecule has 96 valence electrons. The van der Waals surface area contributed by atoms with Gasteiger partial charge in [0, 0.05) is 25.3 Å². The van der Waals surface area contributed by atoms with Crippen LogP contribution in [-0.4, -0.2) is 30.6 Å². The van der Waals surface area contributed by atoms with Crippen molar-refractivity contribution in [2.75, 3.05) is 24.5 Å². The van der Waals surface area contributed by atoms with Gasteiger partial charge >= 0.3 is 6.03 Å². The van der Waals surface area contributed by atoms with E-state index in [0.29, 0.717) is 0 Å². The number of urea groups is 1. The highest BCUT2D eigenvalue weighted by molar-refractivity contribution is 5.93. The van der Waals surface area contributed by atoms with Gasteiger partial charge in [0.25, 0.3) is 0 Å². The number of carbonyl (C=O) groups is 1. The lowest BCUT2D eigenvalue weighted by atomic mass is 10.1. The van der Waals surface area contributed by atoms with Crippen LogP contribution in [-0.2, 0) is 6.42 Å². The number of hydrogen-bond acceptors (Lipinski definition) is 1. The monoisotopic (exact) mass is 244 g/mol. The second kappa shape index (κ2) is 5.01. The zero-order valence-electron chi connectivity index (χ0n) is 10.8. The summed E-state index contributed by atoms with van der Waals surface area (Å²) in [5, 5.41) is 0. The molecule has 2 aliphatic heterocycles. The van der Waals surface area contributed by atoms with Crippen LogP contribution >= 0.6 is 0 Å². The fourth-order valence-electron chi connectivity index (χ4n) is 2.97. The normalized spacial score (nSPS) is 19.6. The summed E-state index contributed by atoms with van der Waals surface area (Å²) in [6.45, 7) is 2.72. The Morgan fingerprint density at radius 1 is 0.944 bits per heavy atom. The van der Waals surface area contributed by atoms with Crippen molar-refractivity contribution in [2.24, 2.45) is 0 Å². The Morgan fingerprint density at radius 2 is 1.67 bits per heavy atom. The molecule has 18 heavy (non-hydrogen) atoms. The lowest BCUT2D eigenvalue weighted by molar-refractivity contribution is 0.215. The fourth-order valence-corrected chi connectivity index (χ4v) is 2.97. The van der Waals surface area contributed by atoms with Crippen molar-refractivity contribution < 1.29 is 4.79 Å².